The monoisotopic (exact) mass is 438 g/mol. The van der Waals surface area contributed by atoms with Crippen LogP contribution in [-0.4, -0.2) is 29.3 Å². The number of ether oxygens (including phenoxy) is 1. The molecule has 1 aliphatic heterocycles. The number of thiophene rings is 1. The second-order valence-electron chi connectivity index (χ2n) is 6.97. The van der Waals surface area contributed by atoms with E-state index in [-0.39, 0.29) is 17.8 Å². The second kappa shape index (κ2) is 8.81. The highest BCUT2D eigenvalue weighted by Gasteiger charge is 2.26. The molecule has 1 amide bonds. The molecule has 0 bridgehead atoms. The fourth-order valence-corrected chi connectivity index (χ4v) is 4.42. The summed E-state index contributed by atoms with van der Waals surface area (Å²) in [5.41, 5.74) is 2.87. The second-order valence-corrected chi connectivity index (χ2v) is 8.46. The van der Waals surface area contributed by atoms with Gasteiger partial charge in [0.25, 0.3) is 0 Å². The van der Waals surface area contributed by atoms with Gasteiger partial charge < -0.3 is 10.1 Å². The third kappa shape index (κ3) is 4.61. The summed E-state index contributed by atoms with van der Waals surface area (Å²) in [6.45, 7) is 1.94. The molecule has 152 valence electrons. The average molecular weight is 439 g/mol. The number of pyridine rings is 1. The fraction of sp³-hybridized carbons (Fsp3) is 0.174. The zero-order valence-electron chi connectivity index (χ0n) is 16.2. The molecule has 0 saturated heterocycles. The summed E-state index contributed by atoms with van der Waals surface area (Å²) < 4.78 is 5.96. The minimum Gasteiger partial charge on any atom is -0.486 e. The van der Waals surface area contributed by atoms with E-state index in [9.17, 15) is 9.59 Å². The maximum absolute atomic E-state index is 12.1. The predicted molar refractivity (Wildman–Crippen MR) is 119 cm³/mol. The molecule has 0 fully saturated rings. The number of amides is 1. The number of benzene rings is 1. The quantitative estimate of drug-likeness (QED) is 0.443. The number of aromatic nitrogens is 1. The molecule has 1 aliphatic rings. The van der Waals surface area contributed by atoms with Crippen LogP contribution in [0.25, 0.3) is 16.5 Å². The van der Waals surface area contributed by atoms with Crippen molar-refractivity contribution in [3.05, 3.63) is 75.9 Å². The molecular weight excluding hydrogens is 420 g/mol. The van der Waals surface area contributed by atoms with Crippen LogP contribution in [0, 0.1) is 0 Å². The Morgan fingerprint density at radius 1 is 1.27 bits per heavy atom. The molecule has 4 rings (SSSR count). The molecule has 1 aromatic carbocycles. The Morgan fingerprint density at radius 3 is 2.80 bits per heavy atom. The summed E-state index contributed by atoms with van der Waals surface area (Å²) in [5, 5.41) is 3.40. The topological polar surface area (TPSA) is 68.3 Å². The zero-order chi connectivity index (χ0) is 21.1. The zero-order valence-corrected chi connectivity index (χ0v) is 17.8. The standard InChI is InChI=1S/C23H19ClN2O3S/c1-14(27)20-3-4-21(30-20)16-10-17-11-18(29-23(17)19(24)12-16)13-26-22(28)5-2-15-6-8-25-9-7-15/h2-10,12,18H,11,13H2,1H3,(H,26,28). The van der Waals surface area contributed by atoms with Gasteiger partial charge >= 0.3 is 0 Å². The number of carbonyl (C=O) groups is 2. The molecule has 1 N–H and O–H groups in total. The first-order valence-corrected chi connectivity index (χ1v) is 10.6. The van der Waals surface area contributed by atoms with Gasteiger partial charge in [-0.3, -0.25) is 14.6 Å². The number of nitrogens with one attached hydrogen (secondary N) is 1. The van der Waals surface area contributed by atoms with Crippen molar-refractivity contribution in [2.75, 3.05) is 6.54 Å². The van der Waals surface area contributed by atoms with Gasteiger partial charge in [-0.05, 0) is 60.5 Å². The first-order valence-electron chi connectivity index (χ1n) is 9.46. The van der Waals surface area contributed by atoms with Crippen LogP contribution in [0.2, 0.25) is 5.02 Å². The van der Waals surface area contributed by atoms with Gasteiger partial charge in [0.1, 0.15) is 11.9 Å². The molecule has 1 atom stereocenters. The Hall–Kier alpha value is -2.96. The van der Waals surface area contributed by atoms with Crippen molar-refractivity contribution in [2.24, 2.45) is 0 Å². The van der Waals surface area contributed by atoms with Crippen LogP contribution in [0.1, 0.15) is 27.7 Å². The number of nitrogens with zero attached hydrogens (tertiary/aromatic N) is 1. The molecule has 0 radical (unpaired) electrons. The predicted octanol–water partition coefficient (Wildman–Crippen LogP) is 4.80. The normalized spacial score (nSPS) is 15.1. The van der Waals surface area contributed by atoms with Gasteiger partial charge in [0, 0.05) is 35.3 Å². The molecule has 0 spiro atoms. The number of halogens is 1. The van der Waals surface area contributed by atoms with E-state index in [0.717, 1.165) is 26.4 Å². The molecular formula is C23H19ClN2O3S. The van der Waals surface area contributed by atoms with Crippen LogP contribution < -0.4 is 10.1 Å². The Balaban J connectivity index is 1.39. The van der Waals surface area contributed by atoms with Gasteiger partial charge in [0.15, 0.2) is 5.78 Å². The van der Waals surface area contributed by atoms with Crippen LogP contribution >= 0.6 is 22.9 Å². The molecule has 0 aliphatic carbocycles. The van der Waals surface area contributed by atoms with E-state index in [1.807, 2.05) is 36.4 Å². The van der Waals surface area contributed by atoms with Crippen LogP contribution in [0.3, 0.4) is 0 Å². The van der Waals surface area contributed by atoms with E-state index in [0.29, 0.717) is 23.7 Å². The van der Waals surface area contributed by atoms with Gasteiger partial charge in [-0.1, -0.05) is 11.6 Å². The smallest absolute Gasteiger partial charge is 0.244 e. The summed E-state index contributed by atoms with van der Waals surface area (Å²) >= 11 is 7.90. The number of rotatable bonds is 6. The number of hydrogen-bond acceptors (Lipinski definition) is 5. The van der Waals surface area contributed by atoms with Crippen molar-refractivity contribution in [3.8, 4) is 16.2 Å². The maximum Gasteiger partial charge on any atom is 0.244 e. The van der Waals surface area contributed by atoms with E-state index >= 15 is 0 Å². The van der Waals surface area contributed by atoms with E-state index in [2.05, 4.69) is 10.3 Å². The van der Waals surface area contributed by atoms with Gasteiger partial charge in [0.2, 0.25) is 5.91 Å². The number of carbonyl (C=O) groups excluding carboxylic acids is 2. The molecule has 5 nitrogen and oxygen atoms in total. The van der Waals surface area contributed by atoms with E-state index in [1.54, 1.807) is 25.4 Å². The fourth-order valence-electron chi connectivity index (χ4n) is 3.25. The molecule has 0 saturated carbocycles. The van der Waals surface area contributed by atoms with Crippen LogP contribution in [-0.2, 0) is 11.2 Å². The van der Waals surface area contributed by atoms with E-state index < -0.39 is 0 Å². The number of hydrogen-bond donors (Lipinski definition) is 1. The van der Waals surface area contributed by atoms with Gasteiger partial charge in [-0.2, -0.15) is 0 Å². The van der Waals surface area contributed by atoms with Crippen molar-refractivity contribution in [3.63, 3.8) is 0 Å². The largest absolute Gasteiger partial charge is 0.486 e. The Bertz CT molecular complexity index is 1120. The molecule has 3 heterocycles. The molecule has 2 aromatic heterocycles. The first-order chi connectivity index (χ1) is 14.5. The number of fused-ring (bicyclic) bond motifs is 1. The highest BCUT2D eigenvalue weighted by Crippen LogP contribution is 2.41. The number of ketones is 1. The van der Waals surface area contributed by atoms with Crippen molar-refractivity contribution in [2.45, 2.75) is 19.4 Å². The Kier molecular flexibility index (Phi) is 5.97. The molecule has 1 unspecified atom stereocenters. The lowest BCUT2D eigenvalue weighted by atomic mass is 10.1. The third-order valence-electron chi connectivity index (χ3n) is 4.73. The van der Waals surface area contributed by atoms with E-state index in [4.69, 9.17) is 16.3 Å². The molecule has 30 heavy (non-hydrogen) atoms. The van der Waals surface area contributed by atoms with Crippen molar-refractivity contribution in [1.29, 1.82) is 0 Å². The Morgan fingerprint density at radius 2 is 2.07 bits per heavy atom. The molecule has 7 heteroatoms. The van der Waals surface area contributed by atoms with Crippen LogP contribution in [0.15, 0.2) is 54.9 Å². The van der Waals surface area contributed by atoms with Gasteiger partial charge in [0.05, 0.1) is 16.4 Å². The number of Topliss-reactive ketones (excluding diaryl/α,β-unsaturated/α-hetero) is 1. The van der Waals surface area contributed by atoms with Crippen LogP contribution in [0.4, 0.5) is 0 Å². The lowest BCUT2D eigenvalue weighted by Gasteiger charge is -2.11. The highest BCUT2D eigenvalue weighted by atomic mass is 35.5. The minimum absolute atomic E-state index is 0.0515. The summed E-state index contributed by atoms with van der Waals surface area (Å²) in [7, 11) is 0. The van der Waals surface area contributed by atoms with Crippen LogP contribution in [0.5, 0.6) is 5.75 Å². The molecule has 3 aromatic rings. The highest BCUT2D eigenvalue weighted by molar-refractivity contribution is 7.17. The summed E-state index contributed by atoms with van der Waals surface area (Å²) in [4.78, 5) is 29.3. The van der Waals surface area contributed by atoms with Gasteiger partial charge in [-0.15, -0.1) is 11.3 Å². The van der Waals surface area contributed by atoms with E-state index in [1.165, 1.54) is 17.4 Å². The van der Waals surface area contributed by atoms with Gasteiger partial charge in [-0.25, -0.2) is 0 Å². The van der Waals surface area contributed by atoms with Crippen molar-refractivity contribution < 1.29 is 14.3 Å². The van der Waals surface area contributed by atoms with Crippen molar-refractivity contribution >= 4 is 40.7 Å². The SMILES string of the molecule is CC(=O)c1ccc(-c2cc(Cl)c3c(c2)CC(CNC(=O)C=Cc2ccncc2)O3)s1. The average Bonchev–Trinajstić information content (AvgIpc) is 3.39. The summed E-state index contributed by atoms with van der Waals surface area (Å²) in [6.07, 6.45) is 7.06. The third-order valence-corrected chi connectivity index (χ3v) is 6.24. The Labute approximate surface area is 183 Å². The lowest BCUT2D eigenvalue weighted by molar-refractivity contribution is -0.116. The minimum atomic E-state index is -0.187. The summed E-state index contributed by atoms with van der Waals surface area (Å²) in [6, 6.07) is 11.3. The lowest BCUT2D eigenvalue weighted by Crippen LogP contribution is -2.33. The van der Waals surface area contributed by atoms with Crippen molar-refractivity contribution in [1.82, 2.24) is 10.3 Å². The maximum atomic E-state index is 12.1. The first kappa shape index (κ1) is 20.3. The summed E-state index contributed by atoms with van der Waals surface area (Å²) in [5.74, 6) is 0.527.